The first-order chi connectivity index (χ1) is 18.9. The van der Waals surface area contributed by atoms with Crippen molar-refractivity contribution < 1.29 is 33.6 Å². The summed E-state index contributed by atoms with van der Waals surface area (Å²) in [6, 6.07) is 25.2. The molecule has 0 bridgehead atoms. The van der Waals surface area contributed by atoms with Gasteiger partial charge >= 0.3 is 0 Å². The summed E-state index contributed by atoms with van der Waals surface area (Å²) in [4.78, 5) is 24.7. The lowest BCUT2D eigenvalue weighted by atomic mass is 10.0. The summed E-state index contributed by atoms with van der Waals surface area (Å²) in [6.07, 6.45) is 0. The molecular weight excluding hydrogens is 500 g/mol. The highest BCUT2D eigenvalue weighted by Gasteiger charge is 2.19. The Kier molecular flexibility index (Phi) is 8.16. The van der Waals surface area contributed by atoms with Gasteiger partial charge in [0.25, 0.3) is 0 Å². The number of fused-ring (bicyclic) bond motifs is 1. The zero-order valence-corrected chi connectivity index (χ0v) is 21.5. The zero-order valence-electron chi connectivity index (χ0n) is 21.5. The van der Waals surface area contributed by atoms with Crippen LogP contribution in [0.15, 0.2) is 100 Å². The number of carbonyl (C=O) groups excluding carboxylic acids is 1. The van der Waals surface area contributed by atoms with Crippen molar-refractivity contribution in [3.63, 3.8) is 0 Å². The second kappa shape index (κ2) is 11.9. The molecule has 0 aliphatic carbocycles. The van der Waals surface area contributed by atoms with Crippen molar-refractivity contribution in [2.75, 3.05) is 21.3 Å². The van der Waals surface area contributed by atoms with Gasteiger partial charge in [0.05, 0.1) is 37.8 Å². The summed E-state index contributed by atoms with van der Waals surface area (Å²) < 4.78 is 21.4. The molecule has 1 aromatic heterocycles. The fraction of sp³-hybridized carbons (Fsp3) is 0.0968. The van der Waals surface area contributed by atoms with Crippen LogP contribution in [0.1, 0.15) is 15.9 Å². The van der Waals surface area contributed by atoms with Crippen LogP contribution in [0, 0.1) is 0 Å². The van der Waals surface area contributed by atoms with Crippen LogP contribution in [0.2, 0.25) is 0 Å². The van der Waals surface area contributed by atoms with Crippen molar-refractivity contribution >= 4 is 16.8 Å². The first-order valence-electron chi connectivity index (χ1n) is 11.8. The maximum absolute atomic E-state index is 12.6. The van der Waals surface area contributed by atoms with Gasteiger partial charge < -0.3 is 28.8 Å². The van der Waals surface area contributed by atoms with Crippen molar-refractivity contribution in [1.82, 2.24) is 0 Å². The maximum atomic E-state index is 12.6. The van der Waals surface area contributed by atoms with Crippen LogP contribution in [0.3, 0.4) is 0 Å². The highest BCUT2D eigenvalue weighted by molar-refractivity contribution is 6.12. The topological polar surface area (TPSA) is 115 Å². The summed E-state index contributed by atoms with van der Waals surface area (Å²) in [7, 11) is 4.48. The SMILES string of the molecule is COc1c(-c2ccccc2)oc2c(OC)cccc2c1=O.COc1ccc(C(=O)c2ccccc2O)c(O)c1. The lowest BCUT2D eigenvalue weighted by Gasteiger charge is -2.10. The maximum Gasteiger partial charge on any atom is 0.235 e. The van der Waals surface area contributed by atoms with Crippen molar-refractivity contribution in [2.45, 2.75) is 0 Å². The number of ketones is 1. The third kappa shape index (κ3) is 5.55. The van der Waals surface area contributed by atoms with Crippen LogP contribution < -0.4 is 19.6 Å². The van der Waals surface area contributed by atoms with Gasteiger partial charge in [0.2, 0.25) is 11.2 Å². The molecule has 0 aliphatic heterocycles. The summed E-state index contributed by atoms with van der Waals surface area (Å²) in [5, 5.41) is 19.8. The average molecular weight is 527 g/mol. The predicted octanol–water partition coefficient (Wildman–Crippen LogP) is 5.81. The molecule has 0 fully saturated rings. The van der Waals surface area contributed by atoms with Crippen LogP contribution in [0.4, 0.5) is 0 Å². The Balaban J connectivity index is 0.000000183. The lowest BCUT2D eigenvalue weighted by Crippen LogP contribution is -2.08. The summed E-state index contributed by atoms with van der Waals surface area (Å²) in [5.41, 5.74) is 1.26. The third-order valence-electron chi connectivity index (χ3n) is 5.90. The van der Waals surface area contributed by atoms with E-state index in [-0.39, 0.29) is 33.8 Å². The number of rotatable bonds is 6. The van der Waals surface area contributed by atoms with Gasteiger partial charge in [-0.2, -0.15) is 0 Å². The van der Waals surface area contributed by atoms with Gasteiger partial charge in [-0.05, 0) is 36.4 Å². The van der Waals surface area contributed by atoms with E-state index in [9.17, 15) is 19.8 Å². The molecule has 0 saturated heterocycles. The Morgan fingerprint density at radius 2 is 1.41 bits per heavy atom. The molecule has 2 N–H and O–H groups in total. The number of hydrogen-bond donors (Lipinski definition) is 2. The molecule has 0 spiro atoms. The molecule has 1 heterocycles. The van der Waals surface area contributed by atoms with Crippen molar-refractivity contribution in [3.05, 3.63) is 112 Å². The predicted molar refractivity (Wildman–Crippen MR) is 147 cm³/mol. The summed E-state index contributed by atoms with van der Waals surface area (Å²) in [5.74, 6) is 0.849. The van der Waals surface area contributed by atoms with Crippen LogP contribution in [-0.4, -0.2) is 37.3 Å². The third-order valence-corrected chi connectivity index (χ3v) is 5.90. The Morgan fingerprint density at radius 1 is 0.718 bits per heavy atom. The minimum Gasteiger partial charge on any atom is -0.507 e. The largest absolute Gasteiger partial charge is 0.507 e. The normalized spacial score (nSPS) is 10.3. The highest BCUT2D eigenvalue weighted by atomic mass is 16.5. The Labute approximate surface area is 224 Å². The lowest BCUT2D eigenvalue weighted by molar-refractivity contribution is 0.103. The standard InChI is InChI=1S/C17H14O4.C14H12O4/c1-19-13-10-6-9-12-14(18)17(20-2)15(21-16(12)13)11-7-4-3-5-8-11;1-18-9-6-7-11(13(16)8-9)14(17)10-4-2-3-5-12(10)15/h3-10H,1-2H3;2-8,15-16H,1H3. The number of ether oxygens (including phenoxy) is 3. The van der Waals surface area contributed by atoms with E-state index < -0.39 is 5.78 Å². The van der Waals surface area contributed by atoms with E-state index in [1.165, 1.54) is 38.5 Å². The van der Waals surface area contributed by atoms with E-state index in [4.69, 9.17) is 18.6 Å². The minimum atomic E-state index is -0.437. The number of para-hydroxylation sites is 2. The van der Waals surface area contributed by atoms with Gasteiger partial charge in [-0.15, -0.1) is 0 Å². The van der Waals surface area contributed by atoms with E-state index in [0.29, 0.717) is 28.2 Å². The first-order valence-corrected chi connectivity index (χ1v) is 11.8. The molecule has 8 heteroatoms. The number of carbonyl (C=O) groups is 1. The molecule has 8 nitrogen and oxygen atoms in total. The molecule has 0 radical (unpaired) electrons. The molecule has 0 saturated carbocycles. The van der Waals surface area contributed by atoms with Gasteiger partial charge in [0.15, 0.2) is 22.9 Å². The molecular formula is C31H26O8. The average Bonchev–Trinajstić information content (AvgIpc) is 2.97. The second-order valence-corrected chi connectivity index (χ2v) is 8.23. The quantitative estimate of drug-likeness (QED) is 0.266. The van der Waals surface area contributed by atoms with Crippen molar-refractivity contribution in [1.29, 1.82) is 0 Å². The van der Waals surface area contributed by atoms with E-state index >= 15 is 0 Å². The Morgan fingerprint density at radius 3 is 2.05 bits per heavy atom. The van der Waals surface area contributed by atoms with E-state index in [0.717, 1.165) is 5.56 Å². The van der Waals surface area contributed by atoms with E-state index in [2.05, 4.69) is 0 Å². The van der Waals surface area contributed by atoms with Gasteiger partial charge in [0, 0.05) is 11.6 Å². The first kappa shape index (κ1) is 26.8. The molecule has 0 atom stereocenters. The summed E-state index contributed by atoms with van der Waals surface area (Å²) >= 11 is 0. The van der Waals surface area contributed by atoms with E-state index in [1.54, 1.807) is 43.5 Å². The van der Waals surface area contributed by atoms with Crippen molar-refractivity contribution in [3.8, 4) is 40.1 Å². The van der Waals surface area contributed by atoms with Crippen LogP contribution in [0.5, 0.6) is 28.7 Å². The Bertz CT molecular complexity index is 1670. The number of methoxy groups -OCH3 is 3. The van der Waals surface area contributed by atoms with Gasteiger partial charge in [0.1, 0.15) is 17.2 Å². The number of benzene rings is 4. The molecule has 39 heavy (non-hydrogen) atoms. The van der Waals surface area contributed by atoms with Crippen LogP contribution in [-0.2, 0) is 0 Å². The Hall–Kier alpha value is -5.24. The fourth-order valence-corrected chi connectivity index (χ4v) is 3.94. The number of phenols is 2. The second-order valence-electron chi connectivity index (χ2n) is 8.23. The molecule has 5 rings (SSSR count). The van der Waals surface area contributed by atoms with Crippen LogP contribution in [0.25, 0.3) is 22.3 Å². The fourth-order valence-electron chi connectivity index (χ4n) is 3.94. The number of aromatic hydroxyl groups is 2. The number of phenolic OH excluding ortho intramolecular Hbond substituents is 2. The van der Waals surface area contributed by atoms with Crippen LogP contribution >= 0.6 is 0 Å². The van der Waals surface area contributed by atoms with Gasteiger partial charge in [-0.1, -0.05) is 48.5 Å². The number of hydrogen-bond acceptors (Lipinski definition) is 8. The molecule has 0 unspecified atom stereocenters. The van der Waals surface area contributed by atoms with E-state index in [1.807, 2.05) is 30.3 Å². The minimum absolute atomic E-state index is 0.113. The molecule has 4 aromatic carbocycles. The molecule has 0 aliphatic rings. The van der Waals surface area contributed by atoms with Gasteiger partial charge in [-0.25, -0.2) is 0 Å². The monoisotopic (exact) mass is 526 g/mol. The smallest absolute Gasteiger partial charge is 0.235 e. The zero-order chi connectivity index (χ0) is 27.9. The molecule has 5 aromatic rings. The highest BCUT2D eigenvalue weighted by Crippen LogP contribution is 2.34. The molecule has 0 amide bonds. The summed E-state index contributed by atoms with van der Waals surface area (Å²) in [6.45, 7) is 0. The van der Waals surface area contributed by atoms with Crippen molar-refractivity contribution in [2.24, 2.45) is 0 Å². The van der Waals surface area contributed by atoms with Gasteiger partial charge in [-0.3, -0.25) is 9.59 Å². The molecule has 198 valence electrons.